The van der Waals surface area contributed by atoms with Crippen molar-refractivity contribution in [3.8, 4) is 0 Å². The number of unbranched alkanes of at least 4 members (excludes halogenated alkanes) is 4. The monoisotopic (exact) mass is 305 g/mol. The Morgan fingerprint density at radius 1 is 1.00 bits per heavy atom. The zero-order chi connectivity index (χ0) is 15.4. The van der Waals surface area contributed by atoms with E-state index in [1.807, 2.05) is 0 Å². The molecule has 3 nitrogen and oxygen atoms in total. The fourth-order valence-corrected chi connectivity index (χ4v) is 3.43. The van der Waals surface area contributed by atoms with Gasteiger partial charge in [0.1, 0.15) is 7.60 Å². The van der Waals surface area contributed by atoms with Crippen LogP contribution in [0.1, 0.15) is 85.5 Å². The van der Waals surface area contributed by atoms with Crippen LogP contribution in [-0.4, -0.2) is 12.3 Å². The Bertz CT molecular complexity index is 268. The van der Waals surface area contributed by atoms with E-state index in [1.165, 1.54) is 12.8 Å². The van der Waals surface area contributed by atoms with Crippen LogP contribution in [0.15, 0.2) is 0 Å². The van der Waals surface area contributed by atoms with Gasteiger partial charge in [-0.05, 0) is 18.8 Å². The van der Waals surface area contributed by atoms with Gasteiger partial charge < -0.3 is 14.0 Å². The zero-order valence-electron chi connectivity index (χ0n) is 13.9. The van der Waals surface area contributed by atoms with Crippen molar-refractivity contribution in [2.45, 2.75) is 91.1 Å². The summed E-state index contributed by atoms with van der Waals surface area (Å²) >= 11 is 0. The predicted molar refractivity (Wildman–Crippen MR) is 85.1 cm³/mol. The van der Waals surface area contributed by atoms with Crippen molar-refractivity contribution in [3.05, 3.63) is 0 Å². The van der Waals surface area contributed by atoms with Crippen LogP contribution >= 0.6 is 7.60 Å². The van der Waals surface area contributed by atoms with Gasteiger partial charge in [-0.25, -0.2) is 0 Å². The van der Waals surface area contributed by atoms with E-state index < -0.39 is 7.60 Å². The van der Waals surface area contributed by atoms with E-state index in [-0.39, 0.29) is 5.66 Å². The zero-order valence-corrected chi connectivity index (χ0v) is 14.8. The molecule has 0 aliphatic carbocycles. The molecule has 0 aliphatic heterocycles. The Hall–Kier alpha value is 0.150. The van der Waals surface area contributed by atoms with Gasteiger partial charge in [0.15, 0.2) is 0 Å². The van der Waals surface area contributed by atoms with E-state index in [0.717, 1.165) is 44.9 Å². The maximum atomic E-state index is 12.1. The van der Waals surface area contributed by atoms with Gasteiger partial charge in [0.05, 0.1) is 6.61 Å². The largest absolute Gasteiger partial charge is 0.778 e. The van der Waals surface area contributed by atoms with E-state index in [4.69, 9.17) is 4.52 Å². The van der Waals surface area contributed by atoms with E-state index in [0.29, 0.717) is 12.5 Å². The van der Waals surface area contributed by atoms with Crippen molar-refractivity contribution in [2.75, 3.05) is 6.61 Å². The van der Waals surface area contributed by atoms with Crippen LogP contribution in [-0.2, 0) is 9.09 Å². The first-order chi connectivity index (χ1) is 9.47. The fourth-order valence-electron chi connectivity index (χ4n) is 2.26. The molecule has 3 unspecified atom stereocenters. The summed E-state index contributed by atoms with van der Waals surface area (Å²) in [5.41, 5.74) is -0.344. The highest BCUT2D eigenvalue weighted by Crippen LogP contribution is 2.45. The first-order valence-electron chi connectivity index (χ1n) is 8.43. The Morgan fingerprint density at radius 2 is 1.65 bits per heavy atom. The molecule has 0 aromatic rings. The molecule has 0 aliphatic rings. The summed E-state index contributed by atoms with van der Waals surface area (Å²) in [6.07, 6.45) is 9.56. The quantitative estimate of drug-likeness (QED) is 0.350. The van der Waals surface area contributed by atoms with Crippen molar-refractivity contribution >= 4 is 7.60 Å². The third-order valence-electron chi connectivity index (χ3n) is 4.05. The molecular weight excluding hydrogens is 271 g/mol. The topological polar surface area (TPSA) is 49.4 Å². The van der Waals surface area contributed by atoms with Crippen LogP contribution in [0.3, 0.4) is 0 Å². The second-order valence-electron chi connectivity index (χ2n) is 5.95. The van der Waals surface area contributed by atoms with Gasteiger partial charge in [-0.1, -0.05) is 72.6 Å². The summed E-state index contributed by atoms with van der Waals surface area (Å²) in [6.45, 7) is 8.58. The first kappa shape index (κ1) is 20.1. The summed E-state index contributed by atoms with van der Waals surface area (Å²) < 4.78 is 17.4. The van der Waals surface area contributed by atoms with Crippen molar-refractivity contribution < 1.29 is 14.0 Å². The second-order valence-corrected chi connectivity index (χ2v) is 8.17. The van der Waals surface area contributed by atoms with Crippen LogP contribution in [0, 0.1) is 5.92 Å². The van der Waals surface area contributed by atoms with Crippen molar-refractivity contribution in [3.63, 3.8) is 0 Å². The lowest BCUT2D eigenvalue weighted by atomic mass is 10.0. The molecule has 3 atom stereocenters. The summed E-state index contributed by atoms with van der Waals surface area (Å²) in [5.74, 6) is 0.379. The molecule has 0 N–H and O–H groups in total. The Labute approximate surface area is 126 Å². The normalized spacial score (nSPS) is 17.6. The van der Waals surface area contributed by atoms with Gasteiger partial charge in [0.25, 0.3) is 0 Å². The molecule has 0 bridgehead atoms. The van der Waals surface area contributed by atoms with E-state index >= 15 is 0 Å². The number of hydrogen-bond acceptors (Lipinski definition) is 3. The molecule has 122 valence electrons. The number of rotatable bonds is 13. The smallest absolute Gasteiger partial charge is 0.137 e. The fraction of sp³-hybridized carbons (Fsp3) is 1.00. The minimum atomic E-state index is -3.68. The minimum Gasteiger partial charge on any atom is -0.778 e. The van der Waals surface area contributed by atoms with E-state index in [2.05, 4.69) is 20.8 Å². The molecule has 0 spiro atoms. The highest BCUT2D eigenvalue weighted by atomic mass is 31.2. The average Bonchev–Trinajstić information content (AvgIpc) is 2.43. The van der Waals surface area contributed by atoms with E-state index in [1.54, 1.807) is 6.92 Å². The van der Waals surface area contributed by atoms with Crippen LogP contribution in [0.25, 0.3) is 0 Å². The summed E-state index contributed by atoms with van der Waals surface area (Å²) in [6, 6.07) is 0. The lowest BCUT2D eigenvalue weighted by Crippen LogP contribution is -2.19. The maximum Gasteiger partial charge on any atom is 0.137 e. The van der Waals surface area contributed by atoms with Crippen LogP contribution in [0.5, 0.6) is 0 Å². The van der Waals surface area contributed by atoms with Crippen LogP contribution in [0.2, 0.25) is 0 Å². The van der Waals surface area contributed by atoms with Gasteiger partial charge in [-0.3, -0.25) is 0 Å². The lowest BCUT2D eigenvalue weighted by Gasteiger charge is -2.31. The van der Waals surface area contributed by atoms with Gasteiger partial charge in [-0.15, -0.1) is 0 Å². The summed E-state index contributed by atoms with van der Waals surface area (Å²) in [5, 5.41) is 0. The molecule has 0 fully saturated rings. The van der Waals surface area contributed by atoms with Crippen molar-refractivity contribution in [1.82, 2.24) is 0 Å². The highest BCUT2D eigenvalue weighted by molar-refractivity contribution is 7.52. The predicted octanol–water partition coefficient (Wildman–Crippen LogP) is 5.13. The average molecular weight is 305 g/mol. The molecule has 0 aromatic heterocycles. The molecule has 0 heterocycles. The maximum absolute atomic E-state index is 12.1. The van der Waals surface area contributed by atoms with Crippen molar-refractivity contribution in [2.24, 2.45) is 5.92 Å². The Balaban J connectivity index is 4.04. The molecule has 0 saturated heterocycles. The SMILES string of the molecule is CCCCCCC(C)P(=O)([O-])OCC(CC)CCCC. The molecule has 4 heteroatoms. The molecule has 0 saturated carbocycles. The molecule has 0 aromatic carbocycles. The van der Waals surface area contributed by atoms with Gasteiger partial charge in [0.2, 0.25) is 0 Å². The Kier molecular flexibility index (Phi) is 11.9. The molecular formula is C16H34O3P-. The molecule has 0 amide bonds. The third kappa shape index (κ3) is 9.15. The third-order valence-corrected chi connectivity index (χ3v) is 5.90. The highest BCUT2D eigenvalue weighted by Gasteiger charge is 2.20. The van der Waals surface area contributed by atoms with Crippen LogP contribution in [0.4, 0.5) is 0 Å². The summed E-state index contributed by atoms with van der Waals surface area (Å²) in [7, 11) is -3.68. The standard InChI is InChI=1S/C16H35O3P/c1-5-8-10-11-12-15(4)20(17,18)19-14-16(7-3)13-9-6-2/h15-16H,5-14H2,1-4H3,(H,17,18)/p-1. The molecule has 0 radical (unpaired) electrons. The minimum absolute atomic E-state index is 0.344. The van der Waals surface area contributed by atoms with Crippen LogP contribution < -0.4 is 4.89 Å². The van der Waals surface area contributed by atoms with Gasteiger partial charge in [0, 0.05) is 5.66 Å². The van der Waals surface area contributed by atoms with E-state index in [9.17, 15) is 9.46 Å². The molecule has 0 rings (SSSR count). The first-order valence-corrected chi connectivity index (χ1v) is 10.0. The Morgan fingerprint density at radius 3 is 2.20 bits per heavy atom. The second kappa shape index (κ2) is 11.8. The van der Waals surface area contributed by atoms with Gasteiger partial charge in [-0.2, -0.15) is 0 Å². The number of hydrogen-bond donors (Lipinski definition) is 0. The summed E-state index contributed by atoms with van der Waals surface area (Å²) in [4.78, 5) is 12.1. The molecule has 20 heavy (non-hydrogen) atoms. The van der Waals surface area contributed by atoms with Gasteiger partial charge >= 0.3 is 0 Å². The van der Waals surface area contributed by atoms with Crippen molar-refractivity contribution in [1.29, 1.82) is 0 Å². The lowest BCUT2D eigenvalue weighted by molar-refractivity contribution is -0.202.